The van der Waals surface area contributed by atoms with Crippen LogP contribution in [0.15, 0.2) is 33.7 Å². The smallest absolute Gasteiger partial charge is 0.263 e. The molecule has 24 heavy (non-hydrogen) atoms. The molecule has 0 aliphatic heterocycles. The Morgan fingerprint density at radius 1 is 1.12 bits per heavy atom. The van der Waals surface area contributed by atoms with Crippen LogP contribution >= 0.6 is 11.3 Å². The summed E-state index contributed by atoms with van der Waals surface area (Å²) in [5.41, 5.74) is 2.36. The Balaban J connectivity index is 2.00. The van der Waals surface area contributed by atoms with E-state index in [0.29, 0.717) is 27.2 Å². The van der Waals surface area contributed by atoms with E-state index in [2.05, 4.69) is 14.9 Å². The van der Waals surface area contributed by atoms with Crippen LogP contribution in [0.5, 0.6) is 0 Å². The fourth-order valence-electron chi connectivity index (χ4n) is 2.41. The van der Waals surface area contributed by atoms with Crippen LogP contribution in [0.2, 0.25) is 0 Å². The van der Waals surface area contributed by atoms with Crippen LogP contribution in [0.25, 0.3) is 10.7 Å². The number of hydrogen-bond donors (Lipinski definition) is 1. The van der Waals surface area contributed by atoms with Crippen molar-refractivity contribution in [3.05, 3.63) is 46.2 Å². The zero-order chi connectivity index (χ0) is 17.5. The first-order valence-electron chi connectivity index (χ1n) is 7.28. The molecule has 8 heteroatoms. The van der Waals surface area contributed by atoms with E-state index in [1.165, 1.54) is 11.3 Å². The molecule has 0 amide bonds. The number of thiophene rings is 1. The van der Waals surface area contributed by atoms with Gasteiger partial charge >= 0.3 is 0 Å². The number of aryl methyl sites for hydroxylation is 4. The van der Waals surface area contributed by atoms with Crippen LogP contribution in [0.4, 0.5) is 5.69 Å². The lowest BCUT2D eigenvalue weighted by Crippen LogP contribution is -2.14. The Morgan fingerprint density at radius 3 is 2.38 bits per heavy atom. The normalized spacial score (nSPS) is 11.7. The van der Waals surface area contributed by atoms with E-state index in [4.69, 9.17) is 4.52 Å². The van der Waals surface area contributed by atoms with Gasteiger partial charge in [-0.25, -0.2) is 8.42 Å². The molecule has 0 unspecified atom stereocenters. The fourth-order valence-corrected chi connectivity index (χ4v) is 5.13. The van der Waals surface area contributed by atoms with Gasteiger partial charge in [-0.1, -0.05) is 23.4 Å². The first-order valence-corrected chi connectivity index (χ1v) is 9.58. The summed E-state index contributed by atoms with van der Waals surface area (Å²) < 4.78 is 33.3. The SMILES string of the molecule is Cc1nc(-c2cc(S(=O)(=O)Nc3c(C)cccc3C)c(C)s2)no1. The second kappa shape index (κ2) is 6.03. The van der Waals surface area contributed by atoms with Gasteiger partial charge < -0.3 is 4.52 Å². The maximum absolute atomic E-state index is 12.8. The molecule has 1 aromatic carbocycles. The van der Waals surface area contributed by atoms with Gasteiger partial charge in [-0.3, -0.25) is 4.72 Å². The molecule has 3 rings (SSSR count). The van der Waals surface area contributed by atoms with Crippen molar-refractivity contribution >= 4 is 27.0 Å². The van der Waals surface area contributed by atoms with E-state index in [0.717, 1.165) is 11.1 Å². The number of anilines is 1. The molecule has 0 fully saturated rings. The summed E-state index contributed by atoms with van der Waals surface area (Å²) in [7, 11) is -3.70. The topological polar surface area (TPSA) is 85.1 Å². The van der Waals surface area contributed by atoms with Crippen LogP contribution in [0, 0.1) is 27.7 Å². The van der Waals surface area contributed by atoms with E-state index >= 15 is 0 Å². The van der Waals surface area contributed by atoms with E-state index in [1.54, 1.807) is 19.9 Å². The average molecular weight is 363 g/mol. The molecule has 0 saturated carbocycles. The number of nitrogens with zero attached hydrogens (tertiary/aromatic N) is 2. The van der Waals surface area contributed by atoms with Crippen LogP contribution in [0.1, 0.15) is 21.9 Å². The summed E-state index contributed by atoms with van der Waals surface area (Å²) in [5.74, 6) is 0.836. The van der Waals surface area contributed by atoms with Crippen molar-refractivity contribution < 1.29 is 12.9 Å². The third-order valence-corrected chi connectivity index (χ3v) is 6.28. The molecule has 0 aliphatic rings. The zero-order valence-corrected chi connectivity index (χ0v) is 15.4. The number of aromatic nitrogens is 2. The highest BCUT2D eigenvalue weighted by molar-refractivity contribution is 7.93. The molecule has 0 spiro atoms. The first kappa shape index (κ1) is 16.7. The van der Waals surface area contributed by atoms with E-state index in [-0.39, 0.29) is 4.90 Å². The molecule has 6 nitrogen and oxygen atoms in total. The number of nitrogens with one attached hydrogen (secondary N) is 1. The fraction of sp³-hybridized carbons (Fsp3) is 0.250. The van der Waals surface area contributed by atoms with Gasteiger partial charge in [0.25, 0.3) is 10.0 Å². The number of para-hydroxylation sites is 1. The Hall–Kier alpha value is -2.19. The molecule has 2 heterocycles. The standard InChI is InChI=1S/C16H17N3O3S2/c1-9-6-5-7-10(2)15(9)19-24(20,21)14-8-13(23-11(14)3)16-17-12(4)22-18-16/h5-8,19H,1-4H3. The molecule has 3 aromatic rings. The van der Waals surface area contributed by atoms with E-state index < -0.39 is 10.0 Å². The maximum atomic E-state index is 12.8. The summed E-state index contributed by atoms with van der Waals surface area (Å²) in [5, 5.41) is 3.84. The van der Waals surface area contributed by atoms with Crippen LogP contribution < -0.4 is 4.72 Å². The molecule has 0 saturated heterocycles. The van der Waals surface area contributed by atoms with Gasteiger partial charge in [0.2, 0.25) is 11.7 Å². The quantitative estimate of drug-likeness (QED) is 0.761. The number of sulfonamides is 1. The predicted octanol–water partition coefficient (Wildman–Crippen LogP) is 3.83. The van der Waals surface area contributed by atoms with Gasteiger partial charge in [-0.2, -0.15) is 4.98 Å². The molecule has 0 radical (unpaired) electrons. The monoisotopic (exact) mass is 363 g/mol. The summed E-state index contributed by atoms with van der Waals surface area (Å²) >= 11 is 1.32. The molecule has 0 atom stereocenters. The lowest BCUT2D eigenvalue weighted by Gasteiger charge is -2.12. The largest absolute Gasteiger partial charge is 0.339 e. The molecule has 0 aliphatic carbocycles. The average Bonchev–Trinajstić information content (AvgIpc) is 3.09. The summed E-state index contributed by atoms with van der Waals surface area (Å²) in [6.07, 6.45) is 0. The Bertz CT molecular complexity index is 983. The number of benzene rings is 1. The third kappa shape index (κ3) is 3.07. The summed E-state index contributed by atoms with van der Waals surface area (Å²) in [6, 6.07) is 7.23. The highest BCUT2D eigenvalue weighted by atomic mass is 32.2. The minimum absolute atomic E-state index is 0.229. The highest BCUT2D eigenvalue weighted by Gasteiger charge is 2.23. The minimum atomic E-state index is -3.70. The Morgan fingerprint density at radius 2 is 1.79 bits per heavy atom. The molecule has 1 N–H and O–H groups in total. The third-order valence-electron chi connectivity index (χ3n) is 3.63. The van der Waals surface area contributed by atoms with Gasteiger partial charge in [-0.05, 0) is 38.0 Å². The van der Waals surface area contributed by atoms with Crippen molar-refractivity contribution in [1.82, 2.24) is 10.1 Å². The van der Waals surface area contributed by atoms with Crippen molar-refractivity contribution in [2.75, 3.05) is 4.72 Å². The van der Waals surface area contributed by atoms with Crippen molar-refractivity contribution in [2.45, 2.75) is 32.6 Å². The van der Waals surface area contributed by atoms with Crippen LogP contribution in [-0.2, 0) is 10.0 Å². The van der Waals surface area contributed by atoms with Gasteiger partial charge in [0.05, 0.1) is 10.6 Å². The molecular formula is C16H17N3O3S2. The van der Waals surface area contributed by atoms with Crippen molar-refractivity contribution in [3.63, 3.8) is 0 Å². The van der Waals surface area contributed by atoms with Gasteiger partial charge in [-0.15, -0.1) is 11.3 Å². The Labute approximate surface area is 144 Å². The zero-order valence-electron chi connectivity index (χ0n) is 13.7. The molecule has 2 aromatic heterocycles. The molecule has 0 bridgehead atoms. The van der Waals surface area contributed by atoms with E-state index in [1.807, 2.05) is 32.0 Å². The first-order chi connectivity index (χ1) is 11.3. The Kier molecular flexibility index (Phi) is 4.18. The lowest BCUT2D eigenvalue weighted by atomic mass is 10.1. The maximum Gasteiger partial charge on any atom is 0.263 e. The second-order valence-corrected chi connectivity index (χ2v) is 8.45. The van der Waals surface area contributed by atoms with E-state index in [9.17, 15) is 8.42 Å². The van der Waals surface area contributed by atoms with Gasteiger partial charge in [0, 0.05) is 11.8 Å². The van der Waals surface area contributed by atoms with Crippen LogP contribution in [0.3, 0.4) is 0 Å². The van der Waals surface area contributed by atoms with Gasteiger partial charge in [0.1, 0.15) is 4.90 Å². The second-order valence-electron chi connectivity index (χ2n) is 5.54. The number of rotatable bonds is 4. The minimum Gasteiger partial charge on any atom is -0.339 e. The van der Waals surface area contributed by atoms with Crippen molar-refractivity contribution in [2.24, 2.45) is 0 Å². The summed E-state index contributed by atoms with van der Waals surface area (Å²) in [6.45, 7) is 7.20. The van der Waals surface area contributed by atoms with Crippen LogP contribution in [-0.4, -0.2) is 18.6 Å². The number of hydrogen-bond acceptors (Lipinski definition) is 6. The highest BCUT2D eigenvalue weighted by Crippen LogP contribution is 2.33. The lowest BCUT2D eigenvalue weighted by molar-refractivity contribution is 0.394. The summed E-state index contributed by atoms with van der Waals surface area (Å²) in [4.78, 5) is 5.71. The molecule has 126 valence electrons. The molecular weight excluding hydrogens is 346 g/mol. The van der Waals surface area contributed by atoms with Crippen molar-refractivity contribution in [1.29, 1.82) is 0 Å². The van der Waals surface area contributed by atoms with Gasteiger partial charge in [0.15, 0.2) is 0 Å². The van der Waals surface area contributed by atoms with Crippen molar-refractivity contribution in [3.8, 4) is 10.7 Å². The predicted molar refractivity (Wildman–Crippen MR) is 93.8 cm³/mol.